The smallest absolute Gasteiger partial charge is 0.271 e. The minimum Gasteiger partial charge on any atom is -0.271 e. The Morgan fingerprint density at radius 3 is 2.36 bits per heavy atom. The molecular weight excluding hydrogens is 472 g/mol. The van der Waals surface area contributed by atoms with Gasteiger partial charge in [-0.2, -0.15) is 10.4 Å². The van der Waals surface area contributed by atoms with Crippen molar-refractivity contribution in [1.82, 2.24) is 14.7 Å². The van der Waals surface area contributed by atoms with Crippen molar-refractivity contribution < 1.29 is 9.59 Å². The monoisotopic (exact) mass is 496 g/mol. The van der Waals surface area contributed by atoms with Crippen molar-refractivity contribution in [3.8, 4) is 23.0 Å². The van der Waals surface area contributed by atoms with Crippen molar-refractivity contribution in [2.75, 3.05) is 0 Å². The van der Waals surface area contributed by atoms with Gasteiger partial charge in [-0.1, -0.05) is 61.2 Å². The number of aromatic nitrogens is 2. The Bertz CT molecular complexity index is 1420. The van der Waals surface area contributed by atoms with Gasteiger partial charge in [-0.25, -0.2) is 4.68 Å². The van der Waals surface area contributed by atoms with Crippen LogP contribution in [-0.2, 0) is 9.59 Å². The number of benzene rings is 2. The van der Waals surface area contributed by atoms with E-state index in [1.54, 1.807) is 29.8 Å². The van der Waals surface area contributed by atoms with Gasteiger partial charge in [0.15, 0.2) is 0 Å². The van der Waals surface area contributed by atoms with Gasteiger partial charge in [0.2, 0.25) is 0 Å². The zero-order chi connectivity index (χ0) is 25.2. The van der Waals surface area contributed by atoms with Crippen molar-refractivity contribution in [3.63, 3.8) is 0 Å². The van der Waals surface area contributed by atoms with Crippen LogP contribution in [0, 0.1) is 11.3 Å². The van der Waals surface area contributed by atoms with E-state index in [-0.39, 0.29) is 17.5 Å². The maximum atomic E-state index is 13.7. The van der Waals surface area contributed by atoms with E-state index in [0.717, 1.165) is 43.4 Å². The maximum Gasteiger partial charge on any atom is 0.271 e. The Kier molecular flexibility index (Phi) is 6.58. The van der Waals surface area contributed by atoms with Gasteiger partial charge in [-0.05, 0) is 55.7 Å². The summed E-state index contributed by atoms with van der Waals surface area (Å²) in [6, 6.07) is 18.9. The summed E-state index contributed by atoms with van der Waals surface area (Å²) < 4.78 is 1.76. The summed E-state index contributed by atoms with van der Waals surface area (Å²) in [5.74, 6) is -0.833. The topological polar surface area (TPSA) is 79.0 Å². The highest BCUT2D eigenvalue weighted by atomic mass is 35.5. The number of rotatable bonds is 4. The number of para-hydroxylation sites is 1. The van der Waals surface area contributed by atoms with Crippen molar-refractivity contribution in [1.29, 1.82) is 5.26 Å². The number of hydrogen-bond acceptors (Lipinski definition) is 4. The summed E-state index contributed by atoms with van der Waals surface area (Å²) in [6.45, 7) is 1.67. The first-order chi connectivity index (χ1) is 17.5. The molecule has 5 rings (SSSR count). The third-order valence-electron chi connectivity index (χ3n) is 6.89. The first-order valence-corrected chi connectivity index (χ1v) is 12.5. The van der Waals surface area contributed by atoms with E-state index in [2.05, 4.69) is 6.07 Å². The van der Waals surface area contributed by atoms with E-state index in [9.17, 15) is 14.9 Å². The van der Waals surface area contributed by atoms with Crippen LogP contribution in [0.25, 0.3) is 23.0 Å². The number of halogens is 1. The molecule has 0 spiro atoms. The van der Waals surface area contributed by atoms with Gasteiger partial charge >= 0.3 is 0 Å². The average molecular weight is 497 g/mol. The lowest BCUT2D eigenvalue weighted by molar-refractivity contribution is -0.143. The van der Waals surface area contributed by atoms with Gasteiger partial charge in [-0.15, -0.1) is 0 Å². The van der Waals surface area contributed by atoms with Crippen LogP contribution < -0.4 is 0 Å². The molecule has 1 aliphatic carbocycles. The summed E-state index contributed by atoms with van der Waals surface area (Å²) in [6.07, 6.45) is 8.19. The molecular formula is C29H25ClN4O2. The summed E-state index contributed by atoms with van der Waals surface area (Å²) in [7, 11) is 0. The van der Waals surface area contributed by atoms with Crippen molar-refractivity contribution >= 4 is 29.5 Å². The quantitative estimate of drug-likeness (QED) is 0.322. The Morgan fingerprint density at radius 1 is 1.00 bits per heavy atom. The van der Waals surface area contributed by atoms with Gasteiger partial charge in [0.25, 0.3) is 11.8 Å². The summed E-state index contributed by atoms with van der Waals surface area (Å²) >= 11 is 6.11. The minimum absolute atomic E-state index is 0.0231. The fourth-order valence-corrected chi connectivity index (χ4v) is 5.09. The molecule has 0 bridgehead atoms. The third kappa shape index (κ3) is 4.38. The number of amides is 2. The highest BCUT2D eigenvalue weighted by Gasteiger charge is 2.40. The predicted octanol–water partition coefficient (Wildman–Crippen LogP) is 6.12. The van der Waals surface area contributed by atoms with E-state index in [4.69, 9.17) is 16.7 Å². The van der Waals surface area contributed by atoms with E-state index < -0.39 is 5.91 Å². The molecule has 1 aliphatic heterocycles. The molecule has 1 aromatic heterocycles. The maximum absolute atomic E-state index is 13.7. The molecule has 1 fully saturated rings. The molecule has 1 saturated carbocycles. The molecule has 2 aromatic carbocycles. The number of hydrogen-bond donors (Lipinski definition) is 0. The largest absolute Gasteiger partial charge is 0.271 e. The molecule has 36 heavy (non-hydrogen) atoms. The lowest BCUT2D eigenvalue weighted by atomic mass is 9.88. The second-order valence-corrected chi connectivity index (χ2v) is 9.60. The van der Waals surface area contributed by atoms with E-state index in [0.29, 0.717) is 27.4 Å². The highest BCUT2D eigenvalue weighted by molar-refractivity contribution is 6.30. The van der Waals surface area contributed by atoms with Crippen LogP contribution >= 0.6 is 11.6 Å². The molecule has 180 valence electrons. The first-order valence-electron chi connectivity index (χ1n) is 12.1. The molecule has 0 atom stereocenters. The van der Waals surface area contributed by atoms with Gasteiger partial charge in [0.05, 0.1) is 11.4 Å². The predicted molar refractivity (Wildman–Crippen MR) is 139 cm³/mol. The van der Waals surface area contributed by atoms with Gasteiger partial charge < -0.3 is 0 Å². The molecule has 2 amide bonds. The van der Waals surface area contributed by atoms with E-state index in [1.165, 1.54) is 4.90 Å². The number of nitrogens with zero attached hydrogens (tertiary/aromatic N) is 4. The Morgan fingerprint density at radius 2 is 1.69 bits per heavy atom. The number of carbonyl (C=O) groups is 2. The number of carbonyl (C=O) groups excluding carboxylic acids is 2. The van der Waals surface area contributed by atoms with Crippen molar-refractivity contribution in [3.05, 3.63) is 88.1 Å². The van der Waals surface area contributed by atoms with Crippen LogP contribution in [0.4, 0.5) is 0 Å². The highest BCUT2D eigenvalue weighted by Crippen LogP contribution is 2.34. The first kappa shape index (κ1) is 23.8. The number of nitriles is 1. The van der Waals surface area contributed by atoms with Gasteiger partial charge in [-0.3, -0.25) is 14.5 Å². The van der Waals surface area contributed by atoms with Crippen LogP contribution in [0.3, 0.4) is 0 Å². The zero-order valence-corrected chi connectivity index (χ0v) is 20.7. The normalized spacial score (nSPS) is 18.1. The van der Waals surface area contributed by atoms with Gasteiger partial charge in [0.1, 0.15) is 11.6 Å². The van der Waals surface area contributed by atoms with Crippen molar-refractivity contribution in [2.24, 2.45) is 0 Å². The van der Waals surface area contributed by atoms with Crippen LogP contribution in [0.1, 0.15) is 44.6 Å². The Labute approximate surface area is 215 Å². The summed E-state index contributed by atoms with van der Waals surface area (Å²) in [5.41, 5.74) is 3.86. The second-order valence-electron chi connectivity index (χ2n) is 9.16. The minimum atomic E-state index is -0.484. The molecule has 6 nitrogen and oxygen atoms in total. The molecule has 2 aliphatic rings. The van der Waals surface area contributed by atoms with Crippen LogP contribution in [-0.4, -0.2) is 32.5 Å². The summed E-state index contributed by atoms with van der Waals surface area (Å²) in [4.78, 5) is 28.2. The standard InChI is InChI=1S/C29H25ClN4O2/c1-19-25(28(35)34(29(36)26(19)17-31)24-10-6-3-7-11-24)16-21-18-33(23-8-4-2-5-9-23)32-27(21)20-12-14-22(30)15-13-20/h2,4-5,8-9,12-16,18,24H,3,6-7,10-11H2,1H3/b25-16+. The zero-order valence-electron chi connectivity index (χ0n) is 19.9. The van der Waals surface area contributed by atoms with Crippen LogP contribution in [0.5, 0.6) is 0 Å². The fourth-order valence-electron chi connectivity index (χ4n) is 4.96. The molecule has 2 heterocycles. The molecule has 3 aromatic rings. The van der Waals surface area contributed by atoms with E-state index in [1.807, 2.05) is 48.7 Å². The lowest BCUT2D eigenvalue weighted by Gasteiger charge is -2.36. The molecule has 0 saturated heterocycles. The Balaban J connectivity index is 1.66. The van der Waals surface area contributed by atoms with E-state index >= 15 is 0 Å². The Hall–Kier alpha value is -3.95. The molecule has 0 radical (unpaired) electrons. The molecule has 0 unspecified atom stereocenters. The SMILES string of the molecule is CC1=C(C#N)C(=O)N(C2CCCCC2)C(=O)/C1=C/c1cn(-c2ccccc2)nc1-c1ccc(Cl)cc1. The molecule has 7 heteroatoms. The number of imide groups is 1. The molecule has 0 N–H and O–H groups in total. The lowest BCUT2D eigenvalue weighted by Crippen LogP contribution is -2.49. The second kappa shape index (κ2) is 9.96. The van der Waals surface area contributed by atoms with Crippen LogP contribution in [0.15, 0.2) is 77.5 Å². The van der Waals surface area contributed by atoms with Gasteiger partial charge in [0, 0.05) is 34.0 Å². The van der Waals surface area contributed by atoms with Crippen molar-refractivity contribution in [2.45, 2.75) is 45.1 Å². The third-order valence-corrected chi connectivity index (χ3v) is 7.15. The summed E-state index contributed by atoms with van der Waals surface area (Å²) in [5, 5.41) is 15.2. The fraction of sp³-hybridized carbons (Fsp3) is 0.241. The average Bonchev–Trinajstić information content (AvgIpc) is 3.32. The van der Waals surface area contributed by atoms with Crippen LogP contribution in [0.2, 0.25) is 5.02 Å².